The van der Waals surface area contributed by atoms with Gasteiger partial charge >= 0.3 is 0 Å². The van der Waals surface area contributed by atoms with Crippen LogP contribution in [0.2, 0.25) is 0 Å². The molecule has 2 unspecified atom stereocenters. The number of aryl methyl sites for hydroxylation is 1. The van der Waals surface area contributed by atoms with Gasteiger partial charge in [0.2, 0.25) is 0 Å². The Bertz CT molecular complexity index is 1030. The highest BCUT2D eigenvalue weighted by Crippen LogP contribution is 2.54. The molecule has 0 amide bonds. The zero-order chi connectivity index (χ0) is 28.7. The van der Waals surface area contributed by atoms with Crippen molar-refractivity contribution >= 4 is 13.9 Å². The first-order valence-electron chi connectivity index (χ1n) is 14.5. The fraction of sp³-hybridized carbons (Fsp3) is 0.647. The van der Waals surface area contributed by atoms with Crippen molar-refractivity contribution in [2.45, 2.75) is 117 Å². The van der Waals surface area contributed by atoms with Gasteiger partial charge < -0.3 is 14.4 Å². The Labute approximate surface area is 236 Å². The standard InChI is InChI=1S/C34H56NO2P/c1-13-15-16-19-34(14-2,38-30-18-17-25(3)20-26(30)23-35(10)11)29-22-27(32(4,5)6)21-28(33(7,8)9)31(29)37-24-36-12/h17-18,20-22,38H,13-16,19,23-24H2,1-12H3. The van der Waals surface area contributed by atoms with Crippen LogP contribution in [0.5, 0.6) is 5.75 Å². The Morgan fingerprint density at radius 1 is 0.868 bits per heavy atom. The van der Waals surface area contributed by atoms with E-state index in [4.69, 9.17) is 9.47 Å². The van der Waals surface area contributed by atoms with Crippen LogP contribution in [-0.2, 0) is 27.3 Å². The fourth-order valence-corrected chi connectivity index (χ4v) is 7.01. The molecule has 0 bridgehead atoms. The highest BCUT2D eigenvalue weighted by molar-refractivity contribution is 7.48. The largest absolute Gasteiger partial charge is 0.467 e. The van der Waals surface area contributed by atoms with Crippen molar-refractivity contribution in [3.63, 3.8) is 0 Å². The summed E-state index contributed by atoms with van der Waals surface area (Å²) in [5, 5.41) is 1.48. The lowest BCUT2D eigenvalue weighted by molar-refractivity contribution is 0.0485. The van der Waals surface area contributed by atoms with Crippen molar-refractivity contribution in [1.29, 1.82) is 0 Å². The lowest BCUT2D eigenvalue weighted by Crippen LogP contribution is -2.29. The number of unbranched alkanes of at least 4 members (excludes halogenated alkanes) is 2. The second-order valence-corrected chi connectivity index (χ2v) is 15.1. The molecule has 0 aliphatic rings. The van der Waals surface area contributed by atoms with E-state index in [-0.39, 0.29) is 22.8 Å². The number of benzene rings is 2. The van der Waals surface area contributed by atoms with Crippen LogP contribution in [0.4, 0.5) is 0 Å². The molecule has 0 N–H and O–H groups in total. The predicted octanol–water partition coefficient (Wildman–Crippen LogP) is 8.82. The van der Waals surface area contributed by atoms with Gasteiger partial charge in [-0.05, 0) is 61.1 Å². The van der Waals surface area contributed by atoms with Crippen molar-refractivity contribution in [3.8, 4) is 5.75 Å². The van der Waals surface area contributed by atoms with Crippen LogP contribution in [0.3, 0.4) is 0 Å². The summed E-state index contributed by atoms with van der Waals surface area (Å²) in [5.74, 6) is 1.04. The minimum atomic E-state index is -0.0506. The first-order valence-corrected chi connectivity index (χ1v) is 15.5. The van der Waals surface area contributed by atoms with Crippen LogP contribution in [0.15, 0.2) is 30.3 Å². The smallest absolute Gasteiger partial charge is 0.188 e. The van der Waals surface area contributed by atoms with Crippen LogP contribution in [0.1, 0.15) is 115 Å². The maximum atomic E-state index is 6.55. The molecule has 0 saturated heterocycles. The second kappa shape index (κ2) is 13.8. The van der Waals surface area contributed by atoms with E-state index in [1.807, 2.05) is 0 Å². The Morgan fingerprint density at radius 2 is 1.53 bits per heavy atom. The van der Waals surface area contributed by atoms with Crippen molar-refractivity contribution in [1.82, 2.24) is 4.90 Å². The Morgan fingerprint density at radius 3 is 2.05 bits per heavy atom. The van der Waals surface area contributed by atoms with E-state index < -0.39 is 0 Å². The summed E-state index contributed by atoms with van der Waals surface area (Å²) >= 11 is 0. The van der Waals surface area contributed by atoms with Gasteiger partial charge in [0.25, 0.3) is 0 Å². The summed E-state index contributed by atoms with van der Waals surface area (Å²) in [6.45, 7) is 22.0. The van der Waals surface area contributed by atoms with Gasteiger partial charge in [-0.15, -0.1) is 0 Å². The number of methoxy groups -OCH3 is 1. The lowest BCUT2D eigenvalue weighted by atomic mass is 9.76. The zero-order valence-electron chi connectivity index (χ0n) is 26.6. The van der Waals surface area contributed by atoms with Crippen molar-refractivity contribution < 1.29 is 9.47 Å². The van der Waals surface area contributed by atoms with Crippen LogP contribution < -0.4 is 10.0 Å². The lowest BCUT2D eigenvalue weighted by Gasteiger charge is -2.39. The molecule has 0 aliphatic carbocycles. The maximum absolute atomic E-state index is 6.55. The van der Waals surface area contributed by atoms with Gasteiger partial charge in [-0.1, -0.05) is 119 Å². The monoisotopic (exact) mass is 541 g/mol. The molecule has 2 atom stereocenters. The zero-order valence-corrected chi connectivity index (χ0v) is 27.6. The fourth-order valence-electron chi connectivity index (χ4n) is 5.22. The van der Waals surface area contributed by atoms with Gasteiger partial charge in [-0.25, -0.2) is 0 Å². The van der Waals surface area contributed by atoms with Gasteiger partial charge in [-0.3, -0.25) is 0 Å². The third kappa shape index (κ3) is 8.54. The SMILES string of the molecule is CCCCCC(CC)(Pc1ccc(C)cc1CN(C)C)c1cc(C(C)(C)C)cc(C(C)(C)C)c1OCOC. The molecule has 0 fully saturated rings. The molecule has 214 valence electrons. The second-order valence-electron chi connectivity index (χ2n) is 13.4. The van der Waals surface area contributed by atoms with E-state index in [2.05, 4.69) is 112 Å². The molecule has 0 heterocycles. The van der Waals surface area contributed by atoms with Crippen LogP contribution in [-0.4, -0.2) is 32.9 Å². The van der Waals surface area contributed by atoms with Crippen molar-refractivity contribution in [3.05, 3.63) is 58.1 Å². The van der Waals surface area contributed by atoms with E-state index in [1.54, 1.807) is 7.11 Å². The Kier molecular flexibility index (Phi) is 11.9. The number of nitrogens with zero attached hydrogens (tertiary/aromatic N) is 1. The maximum Gasteiger partial charge on any atom is 0.188 e. The normalized spacial score (nSPS) is 14.4. The van der Waals surface area contributed by atoms with E-state index in [1.165, 1.54) is 52.4 Å². The molecular weight excluding hydrogens is 485 g/mol. The average Bonchev–Trinajstić information content (AvgIpc) is 2.81. The molecule has 2 aromatic rings. The third-order valence-corrected chi connectivity index (χ3v) is 9.64. The number of rotatable bonds is 13. The van der Waals surface area contributed by atoms with Gasteiger partial charge in [0.15, 0.2) is 6.79 Å². The number of hydrogen-bond acceptors (Lipinski definition) is 3. The molecule has 0 aliphatic heterocycles. The minimum Gasteiger partial charge on any atom is -0.467 e. The van der Waals surface area contributed by atoms with E-state index in [9.17, 15) is 0 Å². The van der Waals surface area contributed by atoms with E-state index >= 15 is 0 Å². The summed E-state index contributed by atoms with van der Waals surface area (Å²) in [4.78, 5) is 2.29. The molecule has 3 nitrogen and oxygen atoms in total. The van der Waals surface area contributed by atoms with E-state index in [0.29, 0.717) is 8.58 Å². The van der Waals surface area contributed by atoms with Crippen LogP contribution in [0.25, 0.3) is 0 Å². The van der Waals surface area contributed by atoms with Crippen molar-refractivity contribution in [2.24, 2.45) is 0 Å². The molecule has 0 saturated carbocycles. The summed E-state index contributed by atoms with van der Waals surface area (Å²) in [6, 6.07) is 12.0. The van der Waals surface area contributed by atoms with Gasteiger partial charge in [0.05, 0.1) is 0 Å². The number of hydrogen-bond donors (Lipinski definition) is 0. The summed E-state index contributed by atoms with van der Waals surface area (Å²) in [5.41, 5.74) is 6.82. The van der Waals surface area contributed by atoms with E-state index in [0.717, 1.165) is 25.1 Å². The van der Waals surface area contributed by atoms with Gasteiger partial charge in [0.1, 0.15) is 5.75 Å². The third-order valence-electron chi connectivity index (χ3n) is 7.53. The van der Waals surface area contributed by atoms with Gasteiger partial charge in [0, 0.05) is 29.9 Å². The van der Waals surface area contributed by atoms with Crippen molar-refractivity contribution in [2.75, 3.05) is 28.0 Å². The topological polar surface area (TPSA) is 21.7 Å². The quantitative estimate of drug-likeness (QED) is 0.144. The average molecular weight is 542 g/mol. The molecule has 0 aromatic heterocycles. The molecular formula is C34H56NO2P. The molecule has 2 rings (SSSR count). The summed E-state index contributed by atoms with van der Waals surface area (Å²) < 4.78 is 12.0. The molecule has 0 spiro atoms. The summed E-state index contributed by atoms with van der Waals surface area (Å²) in [7, 11) is 6.72. The highest BCUT2D eigenvalue weighted by atomic mass is 31.1. The predicted molar refractivity (Wildman–Crippen MR) is 169 cm³/mol. The van der Waals surface area contributed by atoms with Crippen LogP contribution in [0, 0.1) is 6.92 Å². The minimum absolute atomic E-state index is 0.00414. The van der Waals surface area contributed by atoms with Crippen LogP contribution >= 0.6 is 8.58 Å². The highest BCUT2D eigenvalue weighted by Gasteiger charge is 2.38. The first kappa shape index (κ1) is 32.8. The molecule has 2 aromatic carbocycles. The Balaban J connectivity index is 2.92. The first-order chi connectivity index (χ1) is 17.7. The Hall–Kier alpha value is -1.41. The molecule has 38 heavy (non-hydrogen) atoms. The molecule has 4 heteroatoms. The molecule has 0 radical (unpaired) electrons. The summed E-state index contributed by atoms with van der Waals surface area (Å²) in [6.07, 6.45) is 5.93. The number of ether oxygens (including phenoxy) is 2. The van der Waals surface area contributed by atoms with Gasteiger partial charge in [-0.2, -0.15) is 0 Å².